The first-order chi connectivity index (χ1) is 9.81. The first-order valence-electron chi connectivity index (χ1n) is 6.52. The predicted octanol–water partition coefficient (Wildman–Crippen LogP) is 1.48. The number of benzene rings is 1. The minimum absolute atomic E-state index is 0.460. The zero-order chi connectivity index (χ0) is 13.8. The molecule has 20 heavy (non-hydrogen) atoms. The topological polar surface area (TPSA) is 82.3 Å². The molecule has 1 aliphatic heterocycles. The van der Waals surface area contributed by atoms with E-state index in [1.54, 1.807) is 12.3 Å². The lowest BCUT2D eigenvalue weighted by Gasteiger charge is -2.18. The third kappa shape index (κ3) is 2.90. The van der Waals surface area contributed by atoms with E-state index < -0.39 is 0 Å². The maximum atomic E-state index is 5.60. The summed E-state index contributed by atoms with van der Waals surface area (Å²) in [5.41, 5.74) is 6.77. The van der Waals surface area contributed by atoms with E-state index in [2.05, 4.69) is 15.3 Å². The molecule has 3 rings (SSSR count). The van der Waals surface area contributed by atoms with Gasteiger partial charge in [-0.15, -0.1) is 0 Å². The van der Waals surface area contributed by atoms with E-state index in [9.17, 15) is 0 Å². The fourth-order valence-corrected chi connectivity index (χ4v) is 2.02. The van der Waals surface area contributed by atoms with Crippen LogP contribution < -0.4 is 20.5 Å². The molecule has 2 heterocycles. The van der Waals surface area contributed by atoms with Crippen molar-refractivity contribution >= 4 is 11.8 Å². The number of nitrogens with two attached hydrogens (primary N) is 1. The second kappa shape index (κ2) is 5.64. The van der Waals surface area contributed by atoms with Gasteiger partial charge in [-0.05, 0) is 30.2 Å². The Morgan fingerprint density at radius 1 is 1.15 bits per heavy atom. The molecule has 0 amide bonds. The molecule has 0 aliphatic carbocycles. The van der Waals surface area contributed by atoms with Gasteiger partial charge in [0.1, 0.15) is 19.0 Å². The summed E-state index contributed by atoms with van der Waals surface area (Å²) in [6.45, 7) is 1.94. The van der Waals surface area contributed by atoms with Gasteiger partial charge >= 0.3 is 0 Å². The molecule has 0 spiro atoms. The van der Waals surface area contributed by atoms with Crippen molar-refractivity contribution in [2.75, 3.05) is 30.8 Å². The SMILES string of the molecule is Nc1ccnc(NCCc2ccc3c(c2)OCCO3)n1. The normalized spacial score (nSPS) is 13.0. The molecule has 0 saturated heterocycles. The maximum absolute atomic E-state index is 5.60. The number of anilines is 2. The molecule has 1 aromatic carbocycles. The van der Waals surface area contributed by atoms with Gasteiger partial charge in [-0.3, -0.25) is 0 Å². The highest BCUT2D eigenvalue weighted by Crippen LogP contribution is 2.30. The number of hydrogen-bond acceptors (Lipinski definition) is 6. The third-order valence-corrected chi connectivity index (χ3v) is 2.98. The van der Waals surface area contributed by atoms with E-state index in [4.69, 9.17) is 15.2 Å². The number of nitrogens with zero attached hydrogens (tertiary/aromatic N) is 2. The van der Waals surface area contributed by atoms with Gasteiger partial charge in [0.2, 0.25) is 5.95 Å². The third-order valence-electron chi connectivity index (χ3n) is 2.98. The number of rotatable bonds is 4. The quantitative estimate of drug-likeness (QED) is 0.877. The minimum atomic E-state index is 0.460. The van der Waals surface area contributed by atoms with Crippen molar-refractivity contribution in [1.82, 2.24) is 9.97 Å². The Morgan fingerprint density at radius 2 is 2.00 bits per heavy atom. The molecule has 0 atom stereocenters. The summed E-state index contributed by atoms with van der Waals surface area (Å²) >= 11 is 0. The van der Waals surface area contributed by atoms with Gasteiger partial charge in [-0.25, -0.2) is 4.98 Å². The summed E-state index contributed by atoms with van der Waals surface area (Å²) in [5, 5.41) is 3.14. The molecule has 0 radical (unpaired) electrons. The molecule has 0 saturated carbocycles. The summed E-state index contributed by atoms with van der Waals surface area (Å²) in [5.74, 6) is 2.63. The average Bonchev–Trinajstić information content (AvgIpc) is 2.47. The standard InChI is InChI=1S/C14H16N4O2/c15-13-4-6-17-14(18-13)16-5-3-10-1-2-11-12(9-10)20-8-7-19-11/h1-2,4,6,9H,3,5,7-8H2,(H3,15,16,17,18). The highest BCUT2D eigenvalue weighted by Gasteiger charge is 2.11. The van der Waals surface area contributed by atoms with Crippen LogP contribution in [0.5, 0.6) is 11.5 Å². The molecule has 0 unspecified atom stereocenters. The Balaban J connectivity index is 1.58. The average molecular weight is 272 g/mol. The molecule has 104 valence electrons. The fraction of sp³-hybridized carbons (Fsp3) is 0.286. The lowest BCUT2D eigenvalue weighted by Crippen LogP contribution is -2.15. The molecule has 1 aromatic heterocycles. The Morgan fingerprint density at radius 3 is 2.85 bits per heavy atom. The highest BCUT2D eigenvalue weighted by molar-refractivity contribution is 5.44. The van der Waals surface area contributed by atoms with Crippen molar-refractivity contribution in [3.05, 3.63) is 36.0 Å². The van der Waals surface area contributed by atoms with Crippen molar-refractivity contribution in [1.29, 1.82) is 0 Å². The molecule has 6 heteroatoms. The number of nitrogens with one attached hydrogen (secondary N) is 1. The van der Waals surface area contributed by atoms with Gasteiger partial charge in [-0.1, -0.05) is 6.07 Å². The van der Waals surface area contributed by atoms with Gasteiger partial charge in [0.05, 0.1) is 0 Å². The van der Waals surface area contributed by atoms with Crippen LogP contribution in [0.3, 0.4) is 0 Å². The van der Waals surface area contributed by atoms with Crippen molar-refractivity contribution in [3.63, 3.8) is 0 Å². The van der Waals surface area contributed by atoms with E-state index in [1.807, 2.05) is 18.2 Å². The lowest BCUT2D eigenvalue weighted by molar-refractivity contribution is 0.171. The van der Waals surface area contributed by atoms with Crippen LogP contribution in [-0.2, 0) is 6.42 Å². The fourth-order valence-electron chi connectivity index (χ4n) is 2.02. The number of fused-ring (bicyclic) bond motifs is 1. The summed E-state index contributed by atoms with van der Waals surface area (Å²) in [6, 6.07) is 7.65. The van der Waals surface area contributed by atoms with Crippen molar-refractivity contribution in [2.45, 2.75) is 6.42 Å². The molecule has 0 fully saturated rings. The van der Waals surface area contributed by atoms with Crippen LogP contribution in [0.1, 0.15) is 5.56 Å². The Bertz CT molecular complexity index is 603. The maximum Gasteiger partial charge on any atom is 0.224 e. The number of ether oxygens (including phenoxy) is 2. The highest BCUT2D eigenvalue weighted by atomic mass is 16.6. The predicted molar refractivity (Wildman–Crippen MR) is 76.1 cm³/mol. The molecule has 0 bridgehead atoms. The van der Waals surface area contributed by atoms with Crippen LogP contribution >= 0.6 is 0 Å². The van der Waals surface area contributed by atoms with Crippen LogP contribution in [0.25, 0.3) is 0 Å². The minimum Gasteiger partial charge on any atom is -0.486 e. The zero-order valence-electron chi connectivity index (χ0n) is 11.0. The molecule has 2 aromatic rings. The van der Waals surface area contributed by atoms with Gasteiger partial charge < -0.3 is 20.5 Å². The second-order valence-electron chi connectivity index (χ2n) is 4.46. The van der Waals surface area contributed by atoms with E-state index >= 15 is 0 Å². The van der Waals surface area contributed by atoms with Crippen LogP contribution in [0, 0.1) is 0 Å². The number of nitrogen functional groups attached to an aromatic ring is 1. The van der Waals surface area contributed by atoms with Gasteiger partial charge in [0.25, 0.3) is 0 Å². The summed E-state index contributed by atoms with van der Waals surface area (Å²) in [6.07, 6.45) is 2.48. The van der Waals surface area contributed by atoms with Crippen LogP contribution in [0.4, 0.5) is 11.8 Å². The van der Waals surface area contributed by atoms with Crippen LogP contribution in [0.15, 0.2) is 30.5 Å². The van der Waals surface area contributed by atoms with Crippen LogP contribution in [0.2, 0.25) is 0 Å². The van der Waals surface area contributed by atoms with E-state index in [0.29, 0.717) is 25.0 Å². The first kappa shape index (κ1) is 12.5. The number of aromatic nitrogens is 2. The summed E-state index contributed by atoms with van der Waals surface area (Å²) in [7, 11) is 0. The van der Waals surface area contributed by atoms with Gasteiger partial charge in [-0.2, -0.15) is 4.98 Å². The van der Waals surface area contributed by atoms with Gasteiger partial charge in [0, 0.05) is 12.7 Å². The van der Waals surface area contributed by atoms with Gasteiger partial charge in [0.15, 0.2) is 11.5 Å². The summed E-state index contributed by atoms with van der Waals surface area (Å²) in [4.78, 5) is 8.18. The first-order valence-corrected chi connectivity index (χ1v) is 6.52. The van der Waals surface area contributed by atoms with E-state index in [1.165, 1.54) is 5.56 Å². The lowest BCUT2D eigenvalue weighted by atomic mass is 10.1. The van der Waals surface area contributed by atoms with Crippen molar-refractivity contribution in [3.8, 4) is 11.5 Å². The second-order valence-corrected chi connectivity index (χ2v) is 4.46. The van der Waals surface area contributed by atoms with Crippen molar-refractivity contribution in [2.24, 2.45) is 0 Å². The monoisotopic (exact) mass is 272 g/mol. The van der Waals surface area contributed by atoms with Crippen molar-refractivity contribution < 1.29 is 9.47 Å². The molecule has 6 nitrogen and oxygen atoms in total. The Hall–Kier alpha value is -2.50. The molecule has 3 N–H and O–H groups in total. The smallest absolute Gasteiger partial charge is 0.224 e. The molecule has 1 aliphatic rings. The van der Waals surface area contributed by atoms with E-state index in [0.717, 1.165) is 24.5 Å². The molecular weight excluding hydrogens is 256 g/mol. The molecular formula is C14H16N4O2. The Labute approximate surface area is 116 Å². The Kier molecular flexibility index (Phi) is 3.54. The zero-order valence-corrected chi connectivity index (χ0v) is 11.0. The van der Waals surface area contributed by atoms with Crippen LogP contribution in [-0.4, -0.2) is 29.7 Å². The number of hydrogen-bond donors (Lipinski definition) is 2. The largest absolute Gasteiger partial charge is 0.486 e. The summed E-state index contributed by atoms with van der Waals surface area (Å²) < 4.78 is 11.0. The van der Waals surface area contributed by atoms with E-state index in [-0.39, 0.29) is 0 Å².